The van der Waals surface area contributed by atoms with Crippen molar-refractivity contribution in [2.24, 2.45) is 0 Å². The highest BCUT2D eigenvalue weighted by Gasteiger charge is 1.87. The van der Waals surface area contributed by atoms with Crippen molar-refractivity contribution in [3.8, 4) is 0 Å². The van der Waals surface area contributed by atoms with E-state index in [2.05, 4.69) is 41.7 Å². The zero-order valence-corrected chi connectivity index (χ0v) is 11.1. The molecule has 0 aliphatic rings. The molecule has 0 heterocycles. The van der Waals surface area contributed by atoms with Crippen LogP contribution in [0.1, 0.15) is 58.3 Å². The van der Waals surface area contributed by atoms with E-state index in [4.69, 9.17) is 0 Å². The molecule has 0 aromatic carbocycles. The Morgan fingerprint density at radius 1 is 0.846 bits per heavy atom. The second-order valence-electron chi connectivity index (χ2n) is 3.51. The lowest BCUT2D eigenvalue weighted by Crippen LogP contribution is -1.77. The quantitative estimate of drug-likeness (QED) is 0.240. The van der Waals surface area contributed by atoms with Crippen LogP contribution in [0.4, 0.5) is 0 Å². The van der Waals surface area contributed by atoms with E-state index in [-0.39, 0.29) is 0 Å². The Bertz CT molecular complexity index is 108. The molecule has 0 spiro atoms. The molecule has 0 atom stereocenters. The Balaban J connectivity index is 2.91. The highest BCUT2D eigenvalue weighted by molar-refractivity contribution is 14.1. The minimum Gasteiger partial charge on any atom is -0.0885 e. The topological polar surface area (TPSA) is 0 Å². The van der Waals surface area contributed by atoms with Gasteiger partial charge < -0.3 is 0 Å². The molecule has 0 N–H and O–H groups in total. The summed E-state index contributed by atoms with van der Waals surface area (Å²) in [7, 11) is 0. The van der Waals surface area contributed by atoms with Crippen molar-refractivity contribution in [3.05, 3.63) is 12.2 Å². The van der Waals surface area contributed by atoms with Gasteiger partial charge in [0.2, 0.25) is 0 Å². The van der Waals surface area contributed by atoms with Gasteiger partial charge in [-0.2, -0.15) is 0 Å². The first-order chi connectivity index (χ1) is 6.41. The van der Waals surface area contributed by atoms with Crippen molar-refractivity contribution in [3.63, 3.8) is 0 Å². The first kappa shape index (κ1) is 13.5. The fraction of sp³-hybridized carbons (Fsp3) is 0.833. The van der Waals surface area contributed by atoms with E-state index in [0.29, 0.717) is 0 Å². The van der Waals surface area contributed by atoms with Gasteiger partial charge in [0.15, 0.2) is 0 Å². The third-order valence-corrected chi connectivity index (χ3v) is 2.79. The number of rotatable bonds is 9. The maximum Gasteiger partial charge on any atom is 0.00299 e. The first-order valence-corrected chi connectivity index (χ1v) is 7.15. The molecule has 0 unspecified atom stereocenters. The van der Waals surface area contributed by atoms with Crippen molar-refractivity contribution >= 4 is 22.6 Å². The van der Waals surface area contributed by atoms with Crippen molar-refractivity contribution in [1.29, 1.82) is 0 Å². The summed E-state index contributed by atoms with van der Waals surface area (Å²) in [5.74, 6) is 0. The van der Waals surface area contributed by atoms with E-state index >= 15 is 0 Å². The van der Waals surface area contributed by atoms with Gasteiger partial charge in [0.05, 0.1) is 0 Å². The Morgan fingerprint density at radius 3 is 2.15 bits per heavy atom. The summed E-state index contributed by atoms with van der Waals surface area (Å²) in [6, 6.07) is 0. The van der Waals surface area contributed by atoms with Crippen molar-refractivity contribution in [2.75, 3.05) is 4.43 Å². The average Bonchev–Trinajstić information content (AvgIpc) is 2.16. The summed E-state index contributed by atoms with van der Waals surface area (Å²) in [4.78, 5) is 0. The van der Waals surface area contributed by atoms with Gasteiger partial charge in [0.25, 0.3) is 0 Å². The maximum atomic E-state index is 2.42. The molecule has 1 heteroatoms. The predicted octanol–water partition coefficient (Wildman–Crippen LogP) is 5.12. The lowest BCUT2D eigenvalue weighted by atomic mass is 10.1. The second kappa shape index (κ2) is 12.5. The second-order valence-corrected chi connectivity index (χ2v) is 4.58. The molecule has 0 fully saturated rings. The molecular weight excluding hydrogens is 271 g/mol. The van der Waals surface area contributed by atoms with Crippen LogP contribution in [0.15, 0.2) is 12.2 Å². The van der Waals surface area contributed by atoms with Crippen LogP contribution in [0.2, 0.25) is 0 Å². The van der Waals surface area contributed by atoms with Gasteiger partial charge in [0, 0.05) is 4.43 Å². The van der Waals surface area contributed by atoms with Gasteiger partial charge in [-0.25, -0.2) is 0 Å². The molecule has 13 heavy (non-hydrogen) atoms. The van der Waals surface area contributed by atoms with Crippen LogP contribution in [-0.4, -0.2) is 4.43 Å². The highest BCUT2D eigenvalue weighted by Crippen LogP contribution is 2.07. The van der Waals surface area contributed by atoms with Gasteiger partial charge in [0.1, 0.15) is 0 Å². The molecule has 0 aliphatic heterocycles. The molecule has 0 aliphatic carbocycles. The summed E-state index contributed by atoms with van der Waals surface area (Å²) in [6.07, 6.45) is 15.7. The predicted molar refractivity (Wildman–Crippen MR) is 70.6 cm³/mol. The molecule has 0 rings (SSSR count). The lowest BCUT2D eigenvalue weighted by Gasteiger charge is -1.97. The normalized spacial score (nSPS) is 11.2. The number of hydrogen-bond acceptors (Lipinski definition) is 0. The number of unbranched alkanes of at least 4 members (excludes halogenated alkanes) is 6. The van der Waals surface area contributed by atoms with E-state index < -0.39 is 0 Å². The summed E-state index contributed by atoms with van der Waals surface area (Å²) in [5.41, 5.74) is 0. The Kier molecular flexibility index (Phi) is 12.9. The van der Waals surface area contributed by atoms with Crippen LogP contribution >= 0.6 is 22.6 Å². The van der Waals surface area contributed by atoms with Crippen LogP contribution in [-0.2, 0) is 0 Å². The largest absolute Gasteiger partial charge is 0.0885 e. The van der Waals surface area contributed by atoms with Gasteiger partial charge in [-0.3, -0.25) is 0 Å². The fourth-order valence-electron chi connectivity index (χ4n) is 1.34. The van der Waals surface area contributed by atoms with E-state index in [1.165, 1.54) is 55.8 Å². The monoisotopic (exact) mass is 294 g/mol. The Morgan fingerprint density at radius 2 is 1.46 bits per heavy atom. The zero-order chi connectivity index (χ0) is 9.78. The van der Waals surface area contributed by atoms with E-state index in [1.807, 2.05) is 0 Å². The molecule has 0 aromatic heterocycles. The molecule has 0 nitrogen and oxygen atoms in total. The molecule has 78 valence electrons. The molecule has 0 bridgehead atoms. The number of hydrogen-bond donors (Lipinski definition) is 0. The summed E-state index contributed by atoms with van der Waals surface area (Å²) < 4.78 is 1.25. The minimum absolute atomic E-state index is 1.25. The summed E-state index contributed by atoms with van der Waals surface area (Å²) >= 11 is 2.42. The highest BCUT2D eigenvalue weighted by atomic mass is 127. The number of alkyl halides is 1. The van der Waals surface area contributed by atoms with Crippen molar-refractivity contribution in [1.82, 2.24) is 0 Å². The Labute approximate surface area is 97.3 Å². The first-order valence-electron chi connectivity index (χ1n) is 5.62. The van der Waals surface area contributed by atoms with Crippen molar-refractivity contribution in [2.45, 2.75) is 58.3 Å². The van der Waals surface area contributed by atoms with Gasteiger partial charge >= 0.3 is 0 Å². The lowest BCUT2D eigenvalue weighted by molar-refractivity contribution is 0.611. The third-order valence-electron chi connectivity index (χ3n) is 2.17. The fourth-order valence-corrected chi connectivity index (χ4v) is 1.70. The SMILES string of the molecule is CCCCCCCCC=CCCI. The van der Waals surface area contributed by atoms with Gasteiger partial charge in [-0.05, 0) is 19.3 Å². The average molecular weight is 294 g/mol. The summed E-state index contributed by atoms with van der Waals surface area (Å²) in [6.45, 7) is 2.27. The summed E-state index contributed by atoms with van der Waals surface area (Å²) in [5, 5.41) is 0. The maximum absolute atomic E-state index is 2.42. The van der Waals surface area contributed by atoms with Gasteiger partial charge in [-0.1, -0.05) is 73.8 Å². The van der Waals surface area contributed by atoms with E-state index in [9.17, 15) is 0 Å². The number of halogens is 1. The molecule has 0 saturated heterocycles. The van der Waals surface area contributed by atoms with Gasteiger partial charge in [-0.15, -0.1) is 0 Å². The van der Waals surface area contributed by atoms with Crippen LogP contribution in [0, 0.1) is 0 Å². The van der Waals surface area contributed by atoms with Crippen LogP contribution < -0.4 is 0 Å². The van der Waals surface area contributed by atoms with Crippen LogP contribution in [0.25, 0.3) is 0 Å². The minimum atomic E-state index is 1.25. The third kappa shape index (κ3) is 12.5. The molecule has 0 saturated carbocycles. The van der Waals surface area contributed by atoms with Crippen LogP contribution in [0.3, 0.4) is 0 Å². The molecule has 0 radical (unpaired) electrons. The van der Waals surface area contributed by atoms with Crippen molar-refractivity contribution < 1.29 is 0 Å². The van der Waals surface area contributed by atoms with E-state index in [1.54, 1.807) is 0 Å². The van der Waals surface area contributed by atoms with Crippen LogP contribution in [0.5, 0.6) is 0 Å². The standard InChI is InChI=1S/C12H23I/c1-2-3-4-5-6-7-8-9-10-11-12-13/h9-10H,2-8,11-12H2,1H3. The zero-order valence-electron chi connectivity index (χ0n) is 8.90. The Hall–Kier alpha value is 0.470. The molecule has 0 aromatic rings. The molecule has 0 amide bonds. The molecular formula is C12H23I. The number of allylic oxidation sites excluding steroid dienone is 2. The van der Waals surface area contributed by atoms with E-state index in [0.717, 1.165) is 0 Å². The smallest absolute Gasteiger partial charge is 0.00299 e.